The van der Waals surface area contributed by atoms with E-state index in [9.17, 15) is 0 Å². The van der Waals surface area contributed by atoms with E-state index >= 15 is 0 Å². The maximum Gasteiger partial charge on any atom is 0.466 e. The Balaban J connectivity index is 0.000000646. The highest BCUT2D eigenvalue weighted by molar-refractivity contribution is 7.45. The first-order valence-electron chi connectivity index (χ1n) is 8.62. The molecule has 1 atom stereocenters. The van der Waals surface area contributed by atoms with E-state index in [1.54, 1.807) is 7.11 Å². The van der Waals surface area contributed by atoms with Crippen molar-refractivity contribution in [2.75, 3.05) is 19.0 Å². The summed E-state index contributed by atoms with van der Waals surface area (Å²) in [6.45, 7) is 6.94. The van der Waals surface area contributed by atoms with E-state index in [1.165, 1.54) is 5.56 Å². The number of hydrogen-bond donors (Lipinski definition) is 4. The van der Waals surface area contributed by atoms with E-state index in [1.807, 2.05) is 13.8 Å². The van der Waals surface area contributed by atoms with Crippen molar-refractivity contribution in [3.05, 3.63) is 47.3 Å². The molecule has 0 fully saturated rings. The number of rotatable bonds is 7. The average Bonchev–Trinajstić information content (AvgIpc) is 2.58. The molecule has 1 unspecified atom stereocenters. The fraction of sp³-hybridized carbons (Fsp3) is 0.444. The summed E-state index contributed by atoms with van der Waals surface area (Å²) < 4.78 is 14.2. The fourth-order valence-electron chi connectivity index (χ4n) is 2.76. The Morgan fingerprint density at radius 3 is 2.07 bits per heavy atom. The van der Waals surface area contributed by atoms with Gasteiger partial charge in [0.25, 0.3) is 0 Å². The molecular weight excluding hydrogens is 369 g/mol. The van der Waals surface area contributed by atoms with E-state index in [0.717, 1.165) is 36.5 Å². The monoisotopic (exact) mass is 397 g/mol. The Bertz CT molecular complexity index is 721. The largest absolute Gasteiger partial charge is 0.493 e. The third-order valence-corrected chi connectivity index (χ3v) is 3.82. The molecule has 0 saturated carbocycles. The summed E-state index contributed by atoms with van der Waals surface area (Å²) >= 11 is 0. The summed E-state index contributed by atoms with van der Waals surface area (Å²) in [5, 5.41) is 3.38. The van der Waals surface area contributed by atoms with Crippen LogP contribution in [0.25, 0.3) is 0 Å². The van der Waals surface area contributed by atoms with Crippen LogP contribution >= 0.6 is 7.82 Å². The van der Waals surface area contributed by atoms with Gasteiger partial charge in [-0.15, -0.1) is 0 Å². The molecule has 0 bridgehead atoms. The van der Waals surface area contributed by atoms with Gasteiger partial charge in [0, 0.05) is 12.5 Å². The molecule has 1 heterocycles. The van der Waals surface area contributed by atoms with Crippen LogP contribution < -0.4 is 10.1 Å². The lowest BCUT2D eigenvalue weighted by molar-refractivity contribution is 0.275. The third kappa shape index (κ3) is 8.97. The molecule has 0 saturated heterocycles. The Morgan fingerprint density at radius 2 is 1.63 bits per heavy atom. The molecule has 0 spiro atoms. The second-order valence-electron chi connectivity index (χ2n) is 6.04. The molecule has 9 heteroatoms. The average molecular weight is 397 g/mol. The predicted octanol–water partition coefficient (Wildman–Crippen LogP) is 3.17. The first kappa shape index (κ1) is 23.0. The highest BCUT2D eigenvalue weighted by Crippen LogP contribution is 2.26. The summed E-state index contributed by atoms with van der Waals surface area (Å²) in [5.74, 6) is 1.91. The Labute approximate surface area is 159 Å². The van der Waals surface area contributed by atoms with Crippen molar-refractivity contribution in [2.45, 2.75) is 39.5 Å². The number of ether oxygens (including phenoxy) is 1. The summed E-state index contributed by atoms with van der Waals surface area (Å²) in [6.07, 6.45) is 2.30. The highest BCUT2D eigenvalue weighted by atomic mass is 31.2. The van der Waals surface area contributed by atoms with Crippen LogP contribution in [-0.2, 0) is 4.57 Å². The number of aryl methyl sites for hydroxylation is 2. The van der Waals surface area contributed by atoms with Crippen molar-refractivity contribution in [3.63, 3.8) is 0 Å². The topological polar surface area (TPSA) is 125 Å². The van der Waals surface area contributed by atoms with E-state index in [2.05, 4.69) is 52.5 Å². The van der Waals surface area contributed by atoms with Gasteiger partial charge in [-0.3, -0.25) is 0 Å². The molecule has 4 N–H and O–H groups in total. The van der Waals surface area contributed by atoms with Crippen molar-refractivity contribution in [2.24, 2.45) is 0 Å². The van der Waals surface area contributed by atoms with Gasteiger partial charge in [-0.2, -0.15) is 0 Å². The molecule has 1 aromatic carbocycles. The van der Waals surface area contributed by atoms with Crippen LogP contribution in [0.2, 0.25) is 0 Å². The molecule has 0 aliphatic rings. The smallest absolute Gasteiger partial charge is 0.466 e. The Hall–Kier alpha value is -1.99. The molecule has 2 rings (SSSR count). The van der Waals surface area contributed by atoms with Crippen molar-refractivity contribution in [3.8, 4) is 5.75 Å². The first-order valence-corrected chi connectivity index (χ1v) is 10.2. The van der Waals surface area contributed by atoms with Gasteiger partial charge in [-0.1, -0.05) is 43.7 Å². The van der Waals surface area contributed by atoms with Gasteiger partial charge >= 0.3 is 7.82 Å². The van der Waals surface area contributed by atoms with Gasteiger partial charge in [-0.05, 0) is 25.8 Å². The van der Waals surface area contributed by atoms with Crippen LogP contribution in [0.5, 0.6) is 5.75 Å². The molecule has 0 aliphatic heterocycles. The second-order valence-corrected chi connectivity index (χ2v) is 7.07. The molecule has 8 nitrogen and oxygen atoms in total. The number of aromatic nitrogens is 2. The summed E-state index contributed by atoms with van der Waals surface area (Å²) in [6, 6.07) is 10.6. The van der Waals surface area contributed by atoms with Crippen LogP contribution in [0.4, 0.5) is 5.95 Å². The number of phosphoric acid groups is 1. The lowest BCUT2D eigenvalue weighted by Crippen LogP contribution is -2.15. The Morgan fingerprint density at radius 1 is 1.11 bits per heavy atom. The van der Waals surface area contributed by atoms with Crippen molar-refractivity contribution in [1.29, 1.82) is 0 Å². The van der Waals surface area contributed by atoms with E-state index in [0.29, 0.717) is 11.9 Å². The predicted molar refractivity (Wildman–Crippen MR) is 105 cm³/mol. The molecule has 0 aliphatic carbocycles. The zero-order valence-corrected chi connectivity index (χ0v) is 17.0. The van der Waals surface area contributed by atoms with E-state index in [4.69, 9.17) is 24.0 Å². The lowest BCUT2D eigenvalue weighted by Gasteiger charge is -2.18. The molecule has 27 heavy (non-hydrogen) atoms. The molecule has 0 amide bonds. The number of benzene rings is 1. The standard InChI is InChI=1S/C18H25N3O.H3O4P/c1-5-9-16(15-10-7-6-8-11-15)12-19-18-20-13(2)17(22-4)14(3)21-18;1-5(2,3)4/h6-8,10-11,16H,5,9,12H2,1-4H3,(H,19,20,21);(H3,1,2,3,4). The van der Waals surface area contributed by atoms with Crippen LogP contribution in [-0.4, -0.2) is 38.3 Å². The quantitative estimate of drug-likeness (QED) is 0.525. The van der Waals surface area contributed by atoms with Gasteiger partial charge < -0.3 is 24.7 Å². The van der Waals surface area contributed by atoms with E-state index < -0.39 is 7.82 Å². The molecule has 2 aromatic rings. The van der Waals surface area contributed by atoms with Crippen molar-refractivity contribution >= 4 is 13.8 Å². The maximum atomic E-state index is 8.88. The normalized spacial score (nSPS) is 12.0. The lowest BCUT2D eigenvalue weighted by atomic mass is 9.94. The zero-order valence-electron chi connectivity index (χ0n) is 16.1. The summed E-state index contributed by atoms with van der Waals surface area (Å²) in [5.41, 5.74) is 3.09. The number of nitrogens with zero attached hydrogens (tertiary/aromatic N) is 2. The zero-order chi connectivity index (χ0) is 20.4. The maximum absolute atomic E-state index is 8.88. The van der Waals surface area contributed by atoms with Gasteiger partial charge in [0.1, 0.15) is 0 Å². The van der Waals surface area contributed by atoms with Gasteiger partial charge in [0.2, 0.25) is 5.95 Å². The minimum Gasteiger partial charge on any atom is -0.493 e. The number of anilines is 1. The number of nitrogens with one attached hydrogen (secondary N) is 1. The fourth-order valence-corrected chi connectivity index (χ4v) is 2.76. The second kappa shape index (κ2) is 11.0. The van der Waals surface area contributed by atoms with Gasteiger partial charge in [0.15, 0.2) is 5.75 Å². The minimum absolute atomic E-state index is 0.470. The van der Waals surface area contributed by atoms with Gasteiger partial charge in [0.05, 0.1) is 18.5 Å². The van der Waals surface area contributed by atoms with Crippen molar-refractivity contribution < 1.29 is 24.0 Å². The molecule has 1 aromatic heterocycles. The van der Waals surface area contributed by atoms with Crippen LogP contribution in [0.15, 0.2) is 30.3 Å². The first-order chi connectivity index (χ1) is 12.7. The summed E-state index contributed by atoms with van der Waals surface area (Å²) in [4.78, 5) is 30.5. The minimum atomic E-state index is -4.64. The summed E-state index contributed by atoms with van der Waals surface area (Å²) in [7, 11) is -2.99. The van der Waals surface area contributed by atoms with E-state index in [-0.39, 0.29) is 0 Å². The van der Waals surface area contributed by atoms with Crippen LogP contribution in [0.3, 0.4) is 0 Å². The molecular formula is C18H28N3O5P. The van der Waals surface area contributed by atoms with Crippen LogP contribution in [0.1, 0.15) is 42.6 Å². The highest BCUT2D eigenvalue weighted by Gasteiger charge is 2.13. The van der Waals surface area contributed by atoms with Crippen LogP contribution in [0, 0.1) is 13.8 Å². The molecule has 0 radical (unpaired) electrons. The van der Waals surface area contributed by atoms with Crippen molar-refractivity contribution in [1.82, 2.24) is 9.97 Å². The Kier molecular flexibility index (Phi) is 9.38. The SMILES string of the molecule is CCCC(CNc1nc(C)c(OC)c(C)n1)c1ccccc1.O=P(O)(O)O. The number of hydrogen-bond acceptors (Lipinski definition) is 5. The van der Waals surface area contributed by atoms with Gasteiger partial charge in [-0.25, -0.2) is 14.5 Å². The number of methoxy groups -OCH3 is 1. The molecule has 150 valence electrons. The third-order valence-electron chi connectivity index (χ3n) is 3.82.